The second kappa shape index (κ2) is 4.93. The normalized spacial score (nSPS) is 30.2. The largest absolute Gasteiger partial charge is 0.364 e. The van der Waals surface area contributed by atoms with Gasteiger partial charge in [-0.25, -0.2) is 0 Å². The maximum atomic E-state index is 5.28. The molecule has 0 aliphatic carbocycles. The predicted octanol–water partition coefficient (Wildman–Crippen LogP) is 0.770. The summed E-state index contributed by atoms with van der Waals surface area (Å²) in [5.41, 5.74) is 0. The molecule has 4 heteroatoms. The summed E-state index contributed by atoms with van der Waals surface area (Å²) in [7, 11) is 0. The Labute approximate surface area is 79.5 Å². The average Bonchev–Trinajstić information content (AvgIpc) is 2.37. The minimum atomic E-state index is -0.231. The molecule has 0 aromatic rings. The molecule has 2 atom stereocenters. The van der Waals surface area contributed by atoms with Gasteiger partial charge in [-0.15, -0.1) is 6.42 Å². The lowest BCUT2D eigenvalue weighted by Crippen LogP contribution is -2.16. The molecule has 0 aromatic heterocycles. The molecule has 1 fully saturated rings. The van der Waals surface area contributed by atoms with Gasteiger partial charge in [0.15, 0.2) is 6.29 Å². The number of halogens is 1. The van der Waals surface area contributed by atoms with Gasteiger partial charge in [-0.2, -0.15) is 0 Å². The van der Waals surface area contributed by atoms with Gasteiger partial charge in [0.1, 0.15) is 10.7 Å². The molecule has 0 amide bonds. The van der Waals surface area contributed by atoms with Crippen molar-refractivity contribution in [2.45, 2.75) is 10.4 Å². The van der Waals surface area contributed by atoms with E-state index in [0.717, 1.165) is 0 Å². The first-order valence-electron chi connectivity index (χ1n) is 3.25. The fourth-order valence-electron chi connectivity index (χ4n) is 0.728. The standard InChI is InChI=1S/C7H9IO3/c1-2-3-9-5-7-10-4-6(8)11-7/h1,6-7H,3-5H2. The van der Waals surface area contributed by atoms with Crippen LogP contribution in [0.15, 0.2) is 0 Å². The summed E-state index contributed by atoms with van der Waals surface area (Å²) in [6.45, 7) is 1.36. The van der Waals surface area contributed by atoms with Crippen LogP contribution in [-0.2, 0) is 14.2 Å². The lowest BCUT2D eigenvalue weighted by Gasteiger charge is -2.07. The van der Waals surface area contributed by atoms with Crippen molar-refractivity contribution in [3.63, 3.8) is 0 Å². The third kappa shape index (κ3) is 3.38. The molecule has 0 N–H and O–H groups in total. The highest BCUT2D eigenvalue weighted by Gasteiger charge is 2.23. The molecule has 2 unspecified atom stereocenters. The molecule has 62 valence electrons. The highest BCUT2D eigenvalue weighted by molar-refractivity contribution is 14.1. The molecule has 0 bridgehead atoms. The fraction of sp³-hybridized carbons (Fsp3) is 0.714. The van der Waals surface area contributed by atoms with Gasteiger partial charge in [0.2, 0.25) is 0 Å². The van der Waals surface area contributed by atoms with Crippen LogP contribution < -0.4 is 0 Å². The van der Waals surface area contributed by atoms with Crippen LogP contribution in [0.1, 0.15) is 0 Å². The van der Waals surface area contributed by atoms with Crippen molar-refractivity contribution in [1.29, 1.82) is 0 Å². The van der Waals surface area contributed by atoms with Gasteiger partial charge >= 0.3 is 0 Å². The van der Waals surface area contributed by atoms with Crippen molar-refractivity contribution < 1.29 is 14.2 Å². The molecule has 0 saturated carbocycles. The SMILES string of the molecule is C#CCOCC1OCC(I)O1. The van der Waals surface area contributed by atoms with Crippen LogP contribution in [0.5, 0.6) is 0 Å². The quantitative estimate of drug-likeness (QED) is 0.327. The van der Waals surface area contributed by atoms with Gasteiger partial charge in [-0.3, -0.25) is 0 Å². The van der Waals surface area contributed by atoms with Crippen LogP contribution >= 0.6 is 22.6 Å². The van der Waals surface area contributed by atoms with E-state index in [-0.39, 0.29) is 10.4 Å². The van der Waals surface area contributed by atoms with Gasteiger partial charge in [-0.1, -0.05) is 5.92 Å². The van der Waals surface area contributed by atoms with Gasteiger partial charge in [0.25, 0.3) is 0 Å². The van der Waals surface area contributed by atoms with E-state index in [4.69, 9.17) is 20.6 Å². The van der Waals surface area contributed by atoms with Crippen molar-refractivity contribution in [3.05, 3.63) is 0 Å². The third-order valence-electron chi connectivity index (χ3n) is 1.15. The summed E-state index contributed by atoms with van der Waals surface area (Å²) >= 11 is 2.17. The summed E-state index contributed by atoms with van der Waals surface area (Å²) in [6.07, 6.45) is 4.75. The van der Waals surface area contributed by atoms with Crippen LogP contribution in [0.3, 0.4) is 0 Å². The number of rotatable bonds is 3. The molecule has 3 nitrogen and oxygen atoms in total. The van der Waals surface area contributed by atoms with Crippen LogP contribution in [0.4, 0.5) is 0 Å². The maximum Gasteiger partial charge on any atom is 0.182 e. The first-order valence-corrected chi connectivity index (χ1v) is 4.50. The van der Waals surface area contributed by atoms with Crippen LogP contribution in [0.2, 0.25) is 0 Å². The number of alkyl halides is 1. The van der Waals surface area contributed by atoms with Crippen LogP contribution in [0, 0.1) is 12.3 Å². The molecular weight excluding hydrogens is 259 g/mol. The van der Waals surface area contributed by atoms with E-state index in [9.17, 15) is 0 Å². The molecule has 11 heavy (non-hydrogen) atoms. The van der Waals surface area contributed by atoms with Gasteiger partial charge in [0.05, 0.1) is 13.2 Å². The van der Waals surface area contributed by atoms with Gasteiger partial charge in [0, 0.05) is 0 Å². The van der Waals surface area contributed by atoms with Crippen molar-refractivity contribution in [2.75, 3.05) is 19.8 Å². The van der Waals surface area contributed by atoms with Crippen LogP contribution in [-0.4, -0.2) is 30.2 Å². The molecule has 1 rings (SSSR count). The monoisotopic (exact) mass is 268 g/mol. The Balaban J connectivity index is 2.05. The van der Waals surface area contributed by atoms with Crippen LogP contribution in [0.25, 0.3) is 0 Å². The Morgan fingerprint density at radius 2 is 2.55 bits per heavy atom. The Bertz CT molecular complexity index is 154. The molecule has 1 aliphatic heterocycles. The smallest absolute Gasteiger partial charge is 0.182 e. The summed E-state index contributed by atoms with van der Waals surface area (Å²) in [4.78, 5) is 0. The van der Waals surface area contributed by atoms with E-state index < -0.39 is 0 Å². The summed E-state index contributed by atoms with van der Waals surface area (Å²) in [5, 5.41) is 0. The second-order valence-electron chi connectivity index (χ2n) is 2.03. The minimum absolute atomic E-state index is 0.145. The topological polar surface area (TPSA) is 27.7 Å². The predicted molar refractivity (Wildman–Crippen MR) is 48.3 cm³/mol. The average molecular weight is 268 g/mol. The summed E-state index contributed by atoms with van der Waals surface area (Å²) in [5.74, 6) is 2.37. The zero-order valence-electron chi connectivity index (χ0n) is 5.96. The molecule has 1 aliphatic rings. The van der Waals surface area contributed by atoms with Gasteiger partial charge in [-0.05, 0) is 22.6 Å². The summed E-state index contributed by atoms with van der Waals surface area (Å²) < 4.78 is 15.6. The lowest BCUT2D eigenvalue weighted by atomic mass is 10.7. The molecule has 0 aromatic carbocycles. The number of ether oxygens (including phenoxy) is 3. The number of terminal acetylenes is 1. The number of hydrogen-bond acceptors (Lipinski definition) is 3. The molecule has 0 radical (unpaired) electrons. The lowest BCUT2D eigenvalue weighted by molar-refractivity contribution is -0.0909. The van der Waals surface area contributed by atoms with Crippen molar-refractivity contribution >= 4 is 22.6 Å². The molecule has 1 saturated heterocycles. The van der Waals surface area contributed by atoms with Crippen molar-refractivity contribution in [3.8, 4) is 12.3 Å². The molecule has 1 heterocycles. The van der Waals surface area contributed by atoms with Crippen molar-refractivity contribution in [2.24, 2.45) is 0 Å². The second-order valence-corrected chi connectivity index (χ2v) is 3.42. The van der Waals surface area contributed by atoms with E-state index in [1.165, 1.54) is 0 Å². The zero-order valence-corrected chi connectivity index (χ0v) is 8.11. The van der Waals surface area contributed by atoms with Gasteiger partial charge < -0.3 is 14.2 Å². The highest BCUT2D eigenvalue weighted by Crippen LogP contribution is 2.16. The maximum absolute atomic E-state index is 5.28. The third-order valence-corrected chi connectivity index (χ3v) is 1.81. The van der Waals surface area contributed by atoms with E-state index in [0.29, 0.717) is 19.8 Å². The fourth-order valence-corrected chi connectivity index (χ4v) is 1.26. The highest BCUT2D eigenvalue weighted by atomic mass is 127. The van der Waals surface area contributed by atoms with E-state index in [1.54, 1.807) is 0 Å². The Kier molecular flexibility index (Phi) is 4.15. The van der Waals surface area contributed by atoms with E-state index >= 15 is 0 Å². The first kappa shape index (κ1) is 9.26. The summed E-state index contributed by atoms with van der Waals surface area (Å²) in [6, 6.07) is 0. The Morgan fingerprint density at radius 1 is 1.73 bits per heavy atom. The Morgan fingerprint density at radius 3 is 3.09 bits per heavy atom. The van der Waals surface area contributed by atoms with E-state index in [1.807, 2.05) is 0 Å². The first-order chi connectivity index (χ1) is 5.33. The minimum Gasteiger partial charge on any atom is -0.364 e. The number of hydrogen-bond donors (Lipinski definition) is 0. The van der Waals surface area contributed by atoms with E-state index in [2.05, 4.69) is 28.5 Å². The zero-order chi connectivity index (χ0) is 8.10. The molecular formula is C7H9IO3. The molecule has 0 spiro atoms. The van der Waals surface area contributed by atoms with Crippen molar-refractivity contribution in [1.82, 2.24) is 0 Å². The Hall–Kier alpha value is 0.170.